The third kappa shape index (κ3) is 6.36. The van der Waals surface area contributed by atoms with Crippen molar-refractivity contribution < 1.29 is 14.6 Å². The molecule has 228 valence electrons. The van der Waals surface area contributed by atoms with Gasteiger partial charge in [0.1, 0.15) is 11.1 Å². The average Bonchev–Trinajstić information content (AvgIpc) is 2.99. The molecule has 43 heavy (non-hydrogen) atoms. The number of rotatable bonds is 10. The van der Waals surface area contributed by atoms with E-state index in [1.54, 1.807) is 6.07 Å². The number of nitrogens with zero attached hydrogens (tertiary/aromatic N) is 3. The lowest BCUT2D eigenvalue weighted by Gasteiger charge is -2.40. The van der Waals surface area contributed by atoms with Gasteiger partial charge in [-0.15, -0.1) is 0 Å². The van der Waals surface area contributed by atoms with Crippen LogP contribution in [-0.4, -0.2) is 45.4 Å². The first-order chi connectivity index (χ1) is 20.3. The predicted molar refractivity (Wildman–Crippen MR) is 167 cm³/mol. The summed E-state index contributed by atoms with van der Waals surface area (Å²) in [5, 5.41) is 16.6. The summed E-state index contributed by atoms with van der Waals surface area (Å²) in [5.74, 6) is -0.692. The molecule has 2 aromatic heterocycles. The molecule has 4 rings (SSSR count). The molecule has 1 aliphatic rings. The summed E-state index contributed by atoms with van der Waals surface area (Å²) in [6.07, 6.45) is 6.86. The Morgan fingerprint density at radius 3 is 2.58 bits per heavy atom. The second-order valence-corrected chi connectivity index (χ2v) is 12.0. The van der Waals surface area contributed by atoms with Gasteiger partial charge in [0.05, 0.1) is 12.8 Å². The van der Waals surface area contributed by atoms with Crippen LogP contribution >= 0.6 is 11.6 Å². The molecule has 11 heteroatoms. The van der Waals surface area contributed by atoms with Crippen molar-refractivity contribution in [1.82, 2.24) is 24.8 Å². The Balaban J connectivity index is 1.81. The van der Waals surface area contributed by atoms with Crippen LogP contribution in [0.3, 0.4) is 0 Å². The van der Waals surface area contributed by atoms with Crippen LogP contribution in [0.15, 0.2) is 70.4 Å². The maximum Gasteiger partial charge on any atom is 0.330 e. The zero-order chi connectivity index (χ0) is 31.5. The first kappa shape index (κ1) is 31.9. The standard InChI is InChI=1S/C32H38ClN5O5/c1-20-22(23-10-7-8-12-25(23)33)11-9-15-32(20,36-27(40)24-17-37(4)30(42)38(5)29(24)41)26-14-13-21(28(35-26)43-6)16-34-18-31(2,3)19-39/h7-15,17,20,34,39H,16,18-19H2,1-6H3,(H,36,40). The van der Waals surface area contributed by atoms with Crippen LogP contribution in [0, 0.1) is 11.3 Å². The number of hydrogen-bond acceptors (Lipinski definition) is 7. The number of methoxy groups -OCH3 is 1. The molecule has 3 N–H and O–H groups in total. The molecular weight excluding hydrogens is 570 g/mol. The van der Waals surface area contributed by atoms with Crippen LogP contribution in [0.25, 0.3) is 5.57 Å². The predicted octanol–water partition coefficient (Wildman–Crippen LogP) is 3.16. The molecule has 1 amide bonds. The molecule has 0 aliphatic heterocycles. The number of carbonyl (C=O) groups is 1. The molecule has 2 unspecified atom stereocenters. The van der Waals surface area contributed by atoms with Gasteiger partial charge >= 0.3 is 5.69 Å². The van der Waals surface area contributed by atoms with Gasteiger partial charge in [-0.1, -0.05) is 74.9 Å². The van der Waals surface area contributed by atoms with E-state index in [2.05, 4.69) is 10.6 Å². The lowest BCUT2D eigenvalue weighted by molar-refractivity contribution is 0.0896. The summed E-state index contributed by atoms with van der Waals surface area (Å²) in [7, 11) is 4.35. The van der Waals surface area contributed by atoms with E-state index in [0.29, 0.717) is 29.7 Å². The number of aliphatic hydroxyl groups excluding tert-OH is 1. The maximum absolute atomic E-state index is 13.9. The molecule has 0 radical (unpaired) electrons. The molecule has 2 heterocycles. The first-order valence-electron chi connectivity index (χ1n) is 13.9. The molecule has 0 fully saturated rings. The van der Waals surface area contributed by atoms with Gasteiger partial charge < -0.3 is 25.0 Å². The number of halogens is 1. The lowest BCUT2D eigenvalue weighted by Crippen LogP contribution is -2.52. The van der Waals surface area contributed by atoms with Gasteiger partial charge in [0, 0.05) is 61.9 Å². The number of nitrogens with one attached hydrogen (secondary N) is 2. The zero-order valence-electron chi connectivity index (χ0n) is 25.3. The Morgan fingerprint density at radius 1 is 1.19 bits per heavy atom. The molecular formula is C32H38ClN5O5. The largest absolute Gasteiger partial charge is 0.481 e. The normalized spacial score (nSPS) is 18.3. The Bertz CT molecular complexity index is 1710. The summed E-state index contributed by atoms with van der Waals surface area (Å²) >= 11 is 6.61. The third-order valence-corrected chi connectivity index (χ3v) is 8.21. The van der Waals surface area contributed by atoms with Gasteiger partial charge in [0.25, 0.3) is 11.5 Å². The number of ether oxygens (including phenoxy) is 1. The SMILES string of the molecule is COc1nc(C2(NC(=O)c3cn(C)c(=O)n(C)c3=O)C=CC=C(c3ccccc3Cl)C2C)ccc1CNCC(C)(C)CO. The Morgan fingerprint density at radius 2 is 1.91 bits per heavy atom. The van der Waals surface area contributed by atoms with Gasteiger partial charge in [-0.25, -0.2) is 9.78 Å². The van der Waals surface area contributed by atoms with Gasteiger partial charge in [0.15, 0.2) is 0 Å². The maximum atomic E-state index is 13.9. The van der Waals surface area contributed by atoms with Crippen molar-refractivity contribution in [2.75, 3.05) is 20.3 Å². The van der Waals surface area contributed by atoms with E-state index in [1.807, 2.05) is 69.3 Å². The summed E-state index contributed by atoms with van der Waals surface area (Å²) in [6, 6.07) is 11.2. The fourth-order valence-electron chi connectivity index (χ4n) is 5.20. The van der Waals surface area contributed by atoms with Crippen LogP contribution < -0.4 is 26.6 Å². The second kappa shape index (κ2) is 12.7. The van der Waals surface area contributed by atoms with Crippen LogP contribution in [0.5, 0.6) is 5.88 Å². The molecule has 0 saturated carbocycles. The molecule has 0 saturated heterocycles. The quantitative estimate of drug-likeness (QED) is 0.323. The Hall–Kier alpha value is -3.99. The molecule has 0 spiro atoms. The van der Waals surface area contributed by atoms with Crippen molar-refractivity contribution in [2.45, 2.75) is 32.9 Å². The number of pyridine rings is 1. The van der Waals surface area contributed by atoms with Gasteiger partial charge in [-0.05, 0) is 23.3 Å². The number of benzene rings is 1. The van der Waals surface area contributed by atoms with E-state index in [1.165, 1.54) is 32.0 Å². The number of hydrogen-bond donors (Lipinski definition) is 3. The van der Waals surface area contributed by atoms with Crippen molar-refractivity contribution >= 4 is 23.1 Å². The van der Waals surface area contributed by atoms with E-state index in [0.717, 1.165) is 21.3 Å². The van der Waals surface area contributed by atoms with Gasteiger partial charge in [-0.2, -0.15) is 0 Å². The number of aryl methyl sites for hydroxylation is 1. The van der Waals surface area contributed by atoms with Crippen LogP contribution in [-0.2, 0) is 26.2 Å². The highest BCUT2D eigenvalue weighted by molar-refractivity contribution is 6.32. The second-order valence-electron chi connectivity index (χ2n) is 11.6. The molecule has 1 aromatic carbocycles. The van der Waals surface area contributed by atoms with Crippen molar-refractivity contribution in [2.24, 2.45) is 25.4 Å². The molecule has 2 atom stereocenters. The molecule has 0 bridgehead atoms. The molecule has 3 aromatic rings. The smallest absolute Gasteiger partial charge is 0.330 e. The Kier molecular flexibility index (Phi) is 9.44. The number of allylic oxidation sites excluding steroid dienone is 2. The van der Waals surface area contributed by atoms with Gasteiger partial charge in [-0.3, -0.25) is 14.2 Å². The van der Waals surface area contributed by atoms with Crippen LogP contribution in [0.4, 0.5) is 0 Å². The summed E-state index contributed by atoms with van der Waals surface area (Å²) < 4.78 is 7.78. The summed E-state index contributed by atoms with van der Waals surface area (Å²) in [4.78, 5) is 44.0. The van der Waals surface area contributed by atoms with Crippen LogP contribution in [0.1, 0.15) is 48.0 Å². The number of aliphatic hydroxyl groups is 1. The van der Waals surface area contributed by atoms with Crippen molar-refractivity contribution in [1.29, 1.82) is 0 Å². The molecule has 10 nitrogen and oxygen atoms in total. The summed E-state index contributed by atoms with van der Waals surface area (Å²) in [6.45, 7) is 6.95. The number of amides is 1. The highest BCUT2D eigenvalue weighted by Gasteiger charge is 2.43. The fraction of sp³-hybridized carbons (Fsp3) is 0.375. The van der Waals surface area contributed by atoms with Crippen molar-refractivity contribution in [3.63, 3.8) is 0 Å². The van der Waals surface area contributed by atoms with E-state index in [4.69, 9.17) is 21.3 Å². The zero-order valence-corrected chi connectivity index (χ0v) is 26.0. The van der Waals surface area contributed by atoms with E-state index >= 15 is 0 Å². The topological polar surface area (TPSA) is 127 Å². The minimum atomic E-state index is -1.22. The van der Waals surface area contributed by atoms with Crippen LogP contribution in [0.2, 0.25) is 5.02 Å². The highest BCUT2D eigenvalue weighted by atomic mass is 35.5. The average molecular weight is 608 g/mol. The highest BCUT2D eigenvalue weighted by Crippen LogP contribution is 2.44. The first-order valence-corrected chi connectivity index (χ1v) is 14.3. The van der Waals surface area contributed by atoms with Crippen molar-refractivity contribution in [3.8, 4) is 5.88 Å². The van der Waals surface area contributed by atoms with E-state index in [-0.39, 0.29) is 17.6 Å². The summed E-state index contributed by atoms with van der Waals surface area (Å²) in [5.41, 5.74) is -0.00139. The third-order valence-electron chi connectivity index (χ3n) is 7.88. The van der Waals surface area contributed by atoms with Gasteiger partial charge in [0.2, 0.25) is 5.88 Å². The minimum Gasteiger partial charge on any atom is -0.481 e. The number of carbonyl (C=O) groups excluding carboxylic acids is 1. The lowest BCUT2D eigenvalue weighted by atomic mass is 9.72. The fourth-order valence-corrected chi connectivity index (χ4v) is 5.44. The number of aromatic nitrogens is 3. The monoisotopic (exact) mass is 607 g/mol. The van der Waals surface area contributed by atoms with Crippen molar-refractivity contribution in [3.05, 3.63) is 109 Å². The minimum absolute atomic E-state index is 0.0424. The van der Waals surface area contributed by atoms with E-state index < -0.39 is 28.6 Å². The molecule has 1 aliphatic carbocycles. The Labute approximate surface area is 255 Å². The van der Waals surface area contributed by atoms with E-state index in [9.17, 15) is 19.5 Å².